The zero-order valence-electron chi connectivity index (χ0n) is 14.1. The van der Waals surface area contributed by atoms with Crippen molar-refractivity contribution in [3.8, 4) is 0 Å². The molecule has 1 fully saturated rings. The number of likely N-dealkylation sites (tertiary alicyclic amines) is 1. The predicted molar refractivity (Wildman–Crippen MR) is 95.3 cm³/mol. The van der Waals surface area contributed by atoms with Gasteiger partial charge in [-0.1, -0.05) is 0 Å². The number of hydrogen-bond donors (Lipinski definition) is 1. The molecular formula is C18H23N3O2S. The Morgan fingerprint density at radius 2 is 2.17 bits per heavy atom. The molecule has 1 aliphatic heterocycles. The Bertz CT molecular complexity index is 695. The van der Waals surface area contributed by atoms with E-state index in [1.54, 1.807) is 12.3 Å². The van der Waals surface area contributed by atoms with Gasteiger partial charge in [0.1, 0.15) is 16.5 Å². The van der Waals surface area contributed by atoms with Crippen LogP contribution >= 0.6 is 11.8 Å². The van der Waals surface area contributed by atoms with Crippen LogP contribution in [-0.4, -0.2) is 41.7 Å². The number of thioether (sulfide) groups is 1. The van der Waals surface area contributed by atoms with E-state index in [4.69, 9.17) is 4.42 Å². The Morgan fingerprint density at radius 3 is 2.83 bits per heavy atom. The topological polar surface area (TPSA) is 58.4 Å². The second-order valence-corrected chi connectivity index (χ2v) is 6.77. The third kappa shape index (κ3) is 3.82. The molecular weight excluding hydrogens is 322 g/mol. The molecule has 2 aromatic rings. The van der Waals surface area contributed by atoms with Gasteiger partial charge in [0.25, 0.3) is 5.91 Å². The highest BCUT2D eigenvalue weighted by Gasteiger charge is 2.26. The van der Waals surface area contributed by atoms with Crippen LogP contribution in [0.25, 0.3) is 0 Å². The molecule has 2 aromatic heterocycles. The molecule has 0 bridgehead atoms. The lowest BCUT2D eigenvalue weighted by atomic mass is 10.2. The van der Waals surface area contributed by atoms with Gasteiger partial charge in [-0.3, -0.25) is 9.69 Å². The molecule has 1 N–H and O–H groups in total. The van der Waals surface area contributed by atoms with Crippen LogP contribution in [0.3, 0.4) is 0 Å². The molecule has 6 heteroatoms. The lowest BCUT2D eigenvalue weighted by Crippen LogP contribution is -2.36. The van der Waals surface area contributed by atoms with Gasteiger partial charge >= 0.3 is 0 Å². The largest absolute Gasteiger partial charge is 0.465 e. The first kappa shape index (κ1) is 17.0. The van der Waals surface area contributed by atoms with Crippen molar-refractivity contribution in [1.29, 1.82) is 0 Å². The minimum atomic E-state index is -0.0834. The van der Waals surface area contributed by atoms with Gasteiger partial charge in [-0.05, 0) is 63.4 Å². The molecule has 0 aliphatic carbocycles. The Hall–Kier alpha value is -1.79. The van der Waals surface area contributed by atoms with E-state index < -0.39 is 0 Å². The average Bonchev–Trinajstić information content (AvgIpc) is 3.27. The highest BCUT2D eigenvalue weighted by atomic mass is 32.2. The van der Waals surface area contributed by atoms with Crippen molar-refractivity contribution < 1.29 is 9.21 Å². The summed E-state index contributed by atoms with van der Waals surface area (Å²) in [4.78, 5) is 19.2. The number of nitrogens with one attached hydrogen (secondary N) is 1. The Kier molecular flexibility index (Phi) is 5.58. The number of carbonyl (C=O) groups is 1. The van der Waals surface area contributed by atoms with Gasteiger partial charge in [0.2, 0.25) is 0 Å². The molecule has 0 radical (unpaired) electrons. The van der Waals surface area contributed by atoms with Gasteiger partial charge in [0.05, 0.1) is 11.6 Å². The maximum Gasteiger partial charge on any atom is 0.254 e. The summed E-state index contributed by atoms with van der Waals surface area (Å²) in [5.41, 5.74) is 0.626. The first-order valence-corrected chi connectivity index (χ1v) is 9.49. The van der Waals surface area contributed by atoms with Crippen LogP contribution in [0.4, 0.5) is 0 Å². The summed E-state index contributed by atoms with van der Waals surface area (Å²) >= 11 is 1.48. The van der Waals surface area contributed by atoms with Crippen molar-refractivity contribution in [2.45, 2.75) is 30.8 Å². The van der Waals surface area contributed by atoms with Crippen LogP contribution < -0.4 is 5.32 Å². The molecule has 24 heavy (non-hydrogen) atoms. The minimum Gasteiger partial charge on any atom is -0.465 e. The lowest BCUT2D eigenvalue weighted by molar-refractivity contribution is 0.0930. The molecule has 1 aliphatic rings. The fourth-order valence-corrected chi connectivity index (χ4v) is 3.65. The van der Waals surface area contributed by atoms with Crippen LogP contribution in [0, 0.1) is 6.92 Å². The zero-order valence-corrected chi connectivity index (χ0v) is 14.9. The molecule has 1 amide bonds. The minimum absolute atomic E-state index is 0.0829. The van der Waals surface area contributed by atoms with Gasteiger partial charge in [0, 0.05) is 12.7 Å². The fraction of sp³-hybridized carbons (Fsp3) is 0.444. The van der Waals surface area contributed by atoms with Crippen molar-refractivity contribution >= 4 is 17.7 Å². The zero-order chi connectivity index (χ0) is 16.9. The Labute approximate surface area is 146 Å². The van der Waals surface area contributed by atoms with E-state index in [2.05, 4.69) is 15.2 Å². The van der Waals surface area contributed by atoms with Crippen molar-refractivity contribution in [1.82, 2.24) is 15.2 Å². The number of furan rings is 1. The summed E-state index contributed by atoms with van der Waals surface area (Å²) in [5, 5.41) is 3.82. The molecule has 1 atom stereocenters. The maximum absolute atomic E-state index is 12.6. The van der Waals surface area contributed by atoms with Gasteiger partial charge in [-0.2, -0.15) is 0 Å². The molecule has 1 saturated heterocycles. The summed E-state index contributed by atoms with van der Waals surface area (Å²) in [7, 11) is 0. The molecule has 128 valence electrons. The summed E-state index contributed by atoms with van der Waals surface area (Å²) in [6.07, 6.45) is 6.03. The monoisotopic (exact) mass is 345 g/mol. The number of carbonyl (C=O) groups excluding carboxylic acids is 1. The standard InChI is InChI=1S/C18H23N3O2S/c1-13-7-8-16(23-13)15(21-10-3-4-11-21)12-20-17(22)14-6-5-9-19-18(14)24-2/h5-9,15H,3-4,10-12H2,1-2H3,(H,20,22)/t15-/m0/s1. The quantitative estimate of drug-likeness (QED) is 0.814. The van der Waals surface area contributed by atoms with E-state index in [9.17, 15) is 4.79 Å². The number of rotatable bonds is 6. The SMILES string of the molecule is CSc1ncccc1C(=O)NC[C@@H](c1ccc(C)o1)N1CCCC1. The van der Waals surface area contributed by atoms with Crippen LogP contribution in [0.5, 0.6) is 0 Å². The Balaban J connectivity index is 1.72. The maximum atomic E-state index is 12.6. The molecule has 0 saturated carbocycles. The number of amides is 1. The second-order valence-electron chi connectivity index (χ2n) is 5.98. The van der Waals surface area contributed by atoms with Crippen LogP contribution in [0.15, 0.2) is 39.9 Å². The summed E-state index contributed by atoms with van der Waals surface area (Å²) in [6.45, 7) is 4.57. The van der Waals surface area contributed by atoms with Crippen molar-refractivity contribution in [2.75, 3.05) is 25.9 Å². The van der Waals surface area contributed by atoms with E-state index in [0.29, 0.717) is 12.1 Å². The third-order valence-corrected chi connectivity index (χ3v) is 5.05. The number of aryl methyl sites for hydroxylation is 1. The number of hydrogen-bond acceptors (Lipinski definition) is 5. The third-order valence-electron chi connectivity index (χ3n) is 4.34. The van der Waals surface area contributed by atoms with Crippen LogP contribution in [0.2, 0.25) is 0 Å². The van der Waals surface area contributed by atoms with E-state index in [-0.39, 0.29) is 11.9 Å². The van der Waals surface area contributed by atoms with Gasteiger partial charge in [0.15, 0.2) is 0 Å². The van der Waals surface area contributed by atoms with Crippen molar-refractivity contribution in [2.24, 2.45) is 0 Å². The molecule has 0 spiro atoms. The second kappa shape index (κ2) is 7.85. The summed E-state index contributed by atoms with van der Waals surface area (Å²) in [6, 6.07) is 7.69. The molecule has 5 nitrogen and oxygen atoms in total. The van der Waals surface area contributed by atoms with Crippen molar-refractivity contribution in [3.63, 3.8) is 0 Å². The molecule has 0 unspecified atom stereocenters. The Morgan fingerprint density at radius 1 is 1.38 bits per heavy atom. The van der Waals surface area contributed by atoms with Gasteiger partial charge < -0.3 is 9.73 Å². The van der Waals surface area contributed by atoms with E-state index in [1.165, 1.54) is 24.6 Å². The predicted octanol–water partition coefficient (Wildman–Crippen LogP) is 3.27. The van der Waals surface area contributed by atoms with Crippen molar-refractivity contribution in [3.05, 3.63) is 47.5 Å². The number of pyridine rings is 1. The highest BCUT2D eigenvalue weighted by Crippen LogP contribution is 2.26. The van der Waals surface area contributed by atoms with Crippen LogP contribution in [0.1, 0.15) is 40.8 Å². The normalized spacial score (nSPS) is 16.2. The molecule has 3 rings (SSSR count). The van der Waals surface area contributed by atoms with E-state index >= 15 is 0 Å². The molecule has 3 heterocycles. The average molecular weight is 345 g/mol. The first-order valence-electron chi connectivity index (χ1n) is 8.26. The number of aromatic nitrogens is 1. The highest BCUT2D eigenvalue weighted by molar-refractivity contribution is 7.98. The van der Waals surface area contributed by atoms with Crippen LogP contribution in [-0.2, 0) is 0 Å². The smallest absolute Gasteiger partial charge is 0.254 e. The number of nitrogens with zero attached hydrogens (tertiary/aromatic N) is 2. The van der Waals surface area contributed by atoms with Gasteiger partial charge in [-0.15, -0.1) is 11.8 Å². The van der Waals surface area contributed by atoms with E-state index in [1.807, 2.05) is 31.4 Å². The summed E-state index contributed by atoms with van der Waals surface area (Å²) in [5.74, 6) is 1.74. The van der Waals surface area contributed by atoms with Gasteiger partial charge in [-0.25, -0.2) is 4.98 Å². The van der Waals surface area contributed by atoms with E-state index in [0.717, 1.165) is 29.6 Å². The fourth-order valence-electron chi connectivity index (χ4n) is 3.11. The first-order chi connectivity index (χ1) is 11.7. The lowest BCUT2D eigenvalue weighted by Gasteiger charge is -2.26. The summed E-state index contributed by atoms with van der Waals surface area (Å²) < 4.78 is 5.83. The molecule has 0 aromatic carbocycles.